The Morgan fingerprint density at radius 2 is 2.30 bits per heavy atom. The van der Waals surface area contributed by atoms with Crippen LogP contribution in [0.5, 0.6) is 5.75 Å². The van der Waals surface area contributed by atoms with E-state index < -0.39 is 0 Å². The Balaban J connectivity index is 1.80. The number of hydrogen-bond donors (Lipinski definition) is 1. The van der Waals surface area contributed by atoms with E-state index in [9.17, 15) is 0 Å². The van der Waals surface area contributed by atoms with Gasteiger partial charge in [0.15, 0.2) is 0 Å². The minimum Gasteiger partial charge on any atom is -0.493 e. The first-order valence-corrected chi connectivity index (χ1v) is 8.26. The third-order valence-corrected chi connectivity index (χ3v) is 4.64. The maximum atomic E-state index is 5.60. The smallest absolute Gasteiger partial charge is 0.122 e. The highest BCUT2D eigenvalue weighted by molar-refractivity contribution is 7.09. The zero-order valence-electron chi connectivity index (χ0n) is 11.9. The predicted octanol–water partition coefficient (Wildman–Crippen LogP) is 3.97. The number of nitrogens with one attached hydrogen (secondary N) is 1. The quantitative estimate of drug-likeness (QED) is 0.868. The van der Waals surface area contributed by atoms with E-state index in [1.54, 1.807) is 0 Å². The summed E-state index contributed by atoms with van der Waals surface area (Å²) >= 11 is 1.84. The average Bonchev–Trinajstić information content (AvgIpc) is 3.13. The summed E-state index contributed by atoms with van der Waals surface area (Å²) in [5, 5.41) is 5.84. The molecule has 0 fully saturated rings. The molecule has 1 atom stereocenters. The van der Waals surface area contributed by atoms with Crippen LogP contribution in [0.4, 0.5) is 0 Å². The molecule has 1 aliphatic heterocycles. The van der Waals surface area contributed by atoms with Crippen molar-refractivity contribution in [3.63, 3.8) is 0 Å². The molecule has 0 aliphatic carbocycles. The van der Waals surface area contributed by atoms with Crippen LogP contribution in [-0.2, 0) is 12.8 Å². The van der Waals surface area contributed by atoms with Crippen molar-refractivity contribution in [2.75, 3.05) is 13.2 Å². The lowest BCUT2D eigenvalue weighted by Gasteiger charge is -2.19. The number of ether oxygens (including phenoxy) is 1. The molecule has 3 heteroatoms. The van der Waals surface area contributed by atoms with Crippen LogP contribution < -0.4 is 10.1 Å². The third kappa shape index (κ3) is 3.05. The number of hydrogen-bond acceptors (Lipinski definition) is 3. The monoisotopic (exact) mass is 287 g/mol. The summed E-state index contributed by atoms with van der Waals surface area (Å²) in [4.78, 5) is 1.44. The molecule has 2 nitrogen and oxygen atoms in total. The molecule has 1 unspecified atom stereocenters. The van der Waals surface area contributed by atoms with Gasteiger partial charge in [-0.2, -0.15) is 0 Å². The van der Waals surface area contributed by atoms with E-state index >= 15 is 0 Å². The van der Waals surface area contributed by atoms with Crippen LogP contribution >= 0.6 is 11.3 Å². The first kappa shape index (κ1) is 13.7. The van der Waals surface area contributed by atoms with Crippen molar-refractivity contribution in [2.45, 2.75) is 32.2 Å². The number of fused-ring (bicyclic) bond motifs is 1. The zero-order chi connectivity index (χ0) is 13.8. The highest BCUT2D eigenvalue weighted by Crippen LogP contribution is 2.30. The molecule has 0 saturated heterocycles. The van der Waals surface area contributed by atoms with E-state index in [0.717, 1.165) is 38.2 Å². The standard InChI is InChI=1S/C17H21NOS/c1-2-8-18-16(12-15-4-3-10-20-15)13-5-6-17-14(11-13)7-9-19-17/h3-6,10-11,16,18H,2,7-9,12H2,1H3. The first-order chi connectivity index (χ1) is 9.86. The number of thiophene rings is 1. The summed E-state index contributed by atoms with van der Waals surface area (Å²) in [6.45, 7) is 4.10. The van der Waals surface area contributed by atoms with Gasteiger partial charge < -0.3 is 10.1 Å². The molecular weight excluding hydrogens is 266 g/mol. The Labute approximate surface area is 124 Å². The second-order valence-corrected chi connectivity index (χ2v) is 6.29. The van der Waals surface area contributed by atoms with Crippen LogP contribution in [0.25, 0.3) is 0 Å². The van der Waals surface area contributed by atoms with Crippen molar-refractivity contribution in [3.8, 4) is 5.75 Å². The van der Waals surface area contributed by atoms with Crippen molar-refractivity contribution in [1.29, 1.82) is 0 Å². The van der Waals surface area contributed by atoms with Crippen LogP contribution in [0.2, 0.25) is 0 Å². The molecule has 1 N–H and O–H groups in total. The van der Waals surface area contributed by atoms with Gasteiger partial charge in [0, 0.05) is 23.8 Å². The second kappa shape index (κ2) is 6.42. The highest BCUT2D eigenvalue weighted by Gasteiger charge is 2.17. The molecule has 2 heterocycles. The summed E-state index contributed by atoms with van der Waals surface area (Å²) in [7, 11) is 0. The largest absolute Gasteiger partial charge is 0.493 e. The summed E-state index contributed by atoms with van der Waals surface area (Å²) in [5.41, 5.74) is 2.74. The van der Waals surface area contributed by atoms with Gasteiger partial charge >= 0.3 is 0 Å². The van der Waals surface area contributed by atoms with Gasteiger partial charge in [-0.15, -0.1) is 11.3 Å². The van der Waals surface area contributed by atoms with E-state index in [4.69, 9.17) is 4.74 Å². The fraction of sp³-hybridized carbons (Fsp3) is 0.412. The molecule has 0 spiro atoms. The molecule has 1 aromatic heterocycles. The van der Waals surface area contributed by atoms with Gasteiger partial charge in [-0.25, -0.2) is 0 Å². The molecule has 0 radical (unpaired) electrons. The third-order valence-electron chi connectivity index (χ3n) is 3.74. The lowest BCUT2D eigenvalue weighted by atomic mass is 9.99. The van der Waals surface area contributed by atoms with Gasteiger partial charge in [-0.05, 0) is 41.6 Å². The number of rotatable bonds is 6. The normalized spacial score (nSPS) is 14.8. The lowest BCUT2D eigenvalue weighted by Crippen LogP contribution is -2.23. The topological polar surface area (TPSA) is 21.3 Å². The summed E-state index contributed by atoms with van der Waals surface area (Å²) < 4.78 is 5.60. The van der Waals surface area contributed by atoms with Gasteiger partial charge in [0.1, 0.15) is 5.75 Å². The molecule has 1 aromatic carbocycles. The van der Waals surface area contributed by atoms with E-state index in [0.29, 0.717) is 6.04 Å². The lowest BCUT2D eigenvalue weighted by molar-refractivity contribution is 0.356. The van der Waals surface area contributed by atoms with Crippen molar-refractivity contribution < 1.29 is 4.74 Å². The van der Waals surface area contributed by atoms with E-state index in [2.05, 4.69) is 48.0 Å². The Kier molecular flexibility index (Phi) is 4.38. The molecule has 3 rings (SSSR count). The molecule has 0 saturated carbocycles. The minimum atomic E-state index is 0.402. The van der Waals surface area contributed by atoms with Crippen molar-refractivity contribution in [3.05, 3.63) is 51.7 Å². The zero-order valence-corrected chi connectivity index (χ0v) is 12.7. The Bertz CT molecular complexity index is 550. The molecule has 2 aromatic rings. The molecule has 1 aliphatic rings. The predicted molar refractivity (Wildman–Crippen MR) is 84.7 cm³/mol. The summed E-state index contributed by atoms with van der Waals surface area (Å²) in [6, 6.07) is 11.4. The van der Waals surface area contributed by atoms with Crippen molar-refractivity contribution in [1.82, 2.24) is 5.32 Å². The Morgan fingerprint density at radius 3 is 3.10 bits per heavy atom. The van der Waals surface area contributed by atoms with Crippen LogP contribution in [0, 0.1) is 0 Å². The maximum Gasteiger partial charge on any atom is 0.122 e. The maximum absolute atomic E-state index is 5.60. The summed E-state index contributed by atoms with van der Waals surface area (Å²) in [5.74, 6) is 1.07. The second-order valence-electron chi connectivity index (χ2n) is 5.26. The highest BCUT2D eigenvalue weighted by atomic mass is 32.1. The fourth-order valence-corrected chi connectivity index (χ4v) is 3.43. The first-order valence-electron chi connectivity index (χ1n) is 7.38. The molecule has 20 heavy (non-hydrogen) atoms. The van der Waals surface area contributed by atoms with E-state index in [1.165, 1.54) is 16.0 Å². The van der Waals surface area contributed by atoms with E-state index in [-0.39, 0.29) is 0 Å². The van der Waals surface area contributed by atoms with Gasteiger partial charge in [0.05, 0.1) is 6.61 Å². The number of benzene rings is 1. The molecule has 106 valence electrons. The van der Waals surface area contributed by atoms with Crippen molar-refractivity contribution >= 4 is 11.3 Å². The molecule has 0 amide bonds. The van der Waals surface area contributed by atoms with Crippen LogP contribution in [0.1, 0.15) is 35.4 Å². The van der Waals surface area contributed by atoms with Gasteiger partial charge in [-0.3, -0.25) is 0 Å². The van der Waals surface area contributed by atoms with Gasteiger partial charge in [-0.1, -0.05) is 25.1 Å². The van der Waals surface area contributed by atoms with Crippen LogP contribution in [0.15, 0.2) is 35.7 Å². The van der Waals surface area contributed by atoms with E-state index in [1.807, 2.05) is 11.3 Å². The Hall–Kier alpha value is -1.32. The Morgan fingerprint density at radius 1 is 1.35 bits per heavy atom. The van der Waals surface area contributed by atoms with Gasteiger partial charge in [0.2, 0.25) is 0 Å². The minimum absolute atomic E-state index is 0.402. The molecular formula is C17H21NOS. The van der Waals surface area contributed by atoms with Crippen LogP contribution in [0.3, 0.4) is 0 Å². The molecule has 0 bridgehead atoms. The fourth-order valence-electron chi connectivity index (χ4n) is 2.68. The van der Waals surface area contributed by atoms with Crippen molar-refractivity contribution in [2.24, 2.45) is 0 Å². The average molecular weight is 287 g/mol. The van der Waals surface area contributed by atoms with Crippen LogP contribution in [-0.4, -0.2) is 13.2 Å². The SMILES string of the molecule is CCCNC(Cc1cccs1)c1ccc2c(c1)CCO2. The summed E-state index contributed by atoms with van der Waals surface area (Å²) in [6.07, 6.45) is 3.27. The van der Waals surface area contributed by atoms with Gasteiger partial charge in [0.25, 0.3) is 0 Å².